The zero-order chi connectivity index (χ0) is 8.27. The Morgan fingerprint density at radius 1 is 1.18 bits per heavy atom. The molecule has 0 atom stereocenters. The summed E-state index contributed by atoms with van der Waals surface area (Å²) in [4.78, 5) is 4.76. The van der Waals surface area contributed by atoms with Crippen LogP contribution in [-0.2, 0) is 0 Å². The molecule has 64 valence electrons. The van der Waals surface area contributed by atoms with Crippen molar-refractivity contribution in [2.75, 3.05) is 27.2 Å². The first-order valence-corrected chi connectivity index (χ1v) is 4.29. The van der Waals surface area contributed by atoms with E-state index in [1.54, 1.807) is 0 Å². The van der Waals surface area contributed by atoms with Crippen LogP contribution in [0.2, 0.25) is 0 Å². The smallest absolute Gasteiger partial charge is 0.0809 e. The van der Waals surface area contributed by atoms with Crippen LogP contribution in [0.3, 0.4) is 0 Å². The Bertz CT molecular complexity index is 132. The number of allylic oxidation sites excluding steroid dienone is 1. The molecule has 0 aliphatic carbocycles. The van der Waals surface area contributed by atoms with Crippen molar-refractivity contribution >= 4 is 0 Å². The van der Waals surface area contributed by atoms with E-state index < -0.39 is 0 Å². The van der Waals surface area contributed by atoms with Gasteiger partial charge in [-0.25, -0.2) is 0 Å². The minimum atomic E-state index is 0.522. The third-order valence-electron chi connectivity index (χ3n) is 2.29. The molecule has 0 saturated carbocycles. The second kappa shape index (κ2) is 3.88. The lowest BCUT2D eigenvalue weighted by Crippen LogP contribution is -2.48. The molecular formula is C9H18N2. The molecule has 0 spiro atoms. The maximum Gasteiger partial charge on any atom is 0.0809 e. The van der Waals surface area contributed by atoms with Crippen LogP contribution in [0.1, 0.15) is 13.3 Å². The third-order valence-corrected chi connectivity index (χ3v) is 2.29. The van der Waals surface area contributed by atoms with Crippen molar-refractivity contribution in [1.29, 1.82) is 0 Å². The summed E-state index contributed by atoms with van der Waals surface area (Å²) >= 11 is 0. The summed E-state index contributed by atoms with van der Waals surface area (Å²) in [6.07, 6.45) is 6.19. The van der Waals surface area contributed by atoms with Crippen molar-refractivity contribution in [3.8, 4) is 0 Å². The molecule has 0 amide bonds. The highest BCUT2D eigenvalue weighted by Gasteiger charge is 2.20. The van der Waals surface area contributed by atoms with Crippen LogP contribution in [0.4, 0.5) is 0 Å². The van der Waals surface area contributed by atoms with Crippen molar-refractivity contribution in [2.45, 2.75) is 19.5 Å². The summed E-state index contributed by atoms with van der Waals surface area (Å²) in [5.41, 5.74) is 0. The van der Waals surface area contributed by atoms with Crippen molar-refractivity contribution in [1.82, 2.24) is 9.80 Å². The Balaban J connectivity index is 2.55. The lowest BCUT2D eigenvalue weighted by Gasteiger charge is -2.38. The molecule has 0 radical (unpaired) electrons. The van der Waals surface area contributed by atoms with E-state index in [9.17, 15) is 0 Å². The zero-order valence-electron chi connectivity index (χ0n) is 7.75. The molecule has 1 saturated heterocycles. The molecule has 0 aromatic carbocycles. The van der Waals surface area contributed by atoms with Gasteiger partial charge in [-0.15, -0.1) is 0 Å². The molecule has 1 heterocycles. The Morgan fingerprint density at radius 2 is 1.73 bits per heavy atom. The largest absolute Gasteiger partial charge is 0.288 e. The van der Waals surface area contributed by atoms with E-state index in [2.05, 4.69) is 43.0 Å². The maximum atomic E-state index is 2.38. The van der Waals surface area contributed by atoms with Gasteiger partial charge in [0.15, 0.2) is 0 Å². The van der Waals surface area contributed by atoms with Gasteiger partial charge in [0.2, 0.25) is 0 Å². The summed E-state index contributed by atoms with van der Waals surface area (Å²) in [6, 6.07) is 0. The Morgan fingerprint density at radius 3 is 2.18 bits per heavy atom. The number of rotatable bonds is 1. The first-order chi connectivity index (χ1) is 5.25. The molecule has 0 aromatic rings. The first kappa shape index (κ1) is 8.75. The lowest BCUT2D eigenvalue weighted by atomic mass is 10.2. The predicted molar refractivity (Wildman–Crippen MR) is 48.5 cm³/mol. The minimum Gasteiger partial charge on any atom is -0.288 e. The fourth-order valence-corrected chi connectivity index (χ4v) is 1.64. The predicted octanol–water partition coefficient (Wildman–Crippen LogP) is 1.16. The molecule has 1 aliphatic heterocycles. The van der Waals surface area contributed by atoms with E-state index in [1.165, 1.54) is 19.5 Å². The highest BCUT2D eigenvalue weighted by Crippen LogP contribution is 2.10. The van der Waals surface area contributed by atoms with E-state index in [4.69, 9.17) is 0 Å². The minimum absolute atomic E-state index is 0.522. The van der Waals surface area contributed by atoms with Crippen LogP contribution in [0.5, 0.6) is 0 Å². The second-order valence-corrected chi connectivity index (χ2v) is 3.25. The molecule has 2 nitrogen and oxygen atoms in total. The topological polar surface area (TPSA) is 6.48 Å². The number of hydrogen-bond donors (Lipinski definition) is 0. The van der Waals surface area contributed by atoms with Crippen LogP contribution in [-0.4, -0.2) is 43.2 Å². The summed E-state index contributed by atoms with van der Waals surface area (Å²) in [5, 5.41) is 0. The van der Waals surface area contributed by atoms with Crippen molar-refractivity contribution in [2.24, 2.45) is 0 Å². The normalized spacial score (nSPS) is 25.0. The molecule has 0 bridgehead atoms. The third kappa shape index (κ3) is 2.04. The van der Waals surface area contributed by atoms with Gasteiger partial charge >= 0.3 is 0 Å². The molecule has 0 N–H and O–H groups in total. The van der Waals surface area contributed by atoms with Gasteiger partial charge in [-0.3, -0.25) is 9.80 Å². The quantitative estimate of drug-likeness (QED) is 0.523. The van der Waals surface area contributed by atoms with Crippen LogP contribution in [0.15, 0.2) is 12.2 Å². The fraction of sp³-hybridized carbons (Fsp3) is 0.778. The highest BCUT2D eigenvalue weighted by atomic mass is 15.3. The summed E-state index contributed by atoms with van der Waals surface area (Å²) < 4.78 is 0. The number of hydrogen-bond acceptors (Lipinski definition) is 2. The molecule has 11 heavy (non-hydrogen) atoms. The van der Waals surface area contributed by atoms with Gasteiger partial charge in [-0.2, -0.15) is 0 Å². The highest BCUT2D eigenvalue weighted by molar-refractivity contribution is 4.92. The summed E-state index contributed by atoms with van der Waals surface area (Å²) in [6.45, 7) is 4.52. The van der Waals surface area contributed by atoms with E-state index in [0.29, 0.717) is 6.17 Å². The van der Waals surface area contributed by atoms with Crippen LogP contribution < -0.4 is 0 Å². The van der Waals surface area contributed by atoms with Gasteiger partial charge in [0.05, 0.1) is 6.17 Å². The van der Waals surface area contributed by atoms with Crippen LogP contribution in [0.25, 0.3) is 0 Å². The van der Waals surface area contributed by atoms with Crippen molar-refractivity contribution in [3.63, 3.8) is 0 Å². The SMILES string of the molecule is CC=CC1N(C)CCCN1C. The molecule has 0 unspecified atom stereocenters. The molecule has 2 heteroatoms. The molecular weight excluding hydrogens is 136 g/mol. The zero-order valence-corrected chi connectivity index (χ0v) is 7.75. The van der Waals surface area contributed by atoms with Gasteiger partial charge in [-0.05, 0) is 27.4 Å². The van der Waals surface area contributed by atoms with Gasteiger partial charge in [-0.1, -0.05) is 12.2 Å². The van der Waals surface area contributed by atoms with Gasteiger partial charge in [0.25, 0.3) is 0 Å². The summed E-state index contributed by atoms with van der Waals surface area (Å²) in [7, 11) is 4.36. The van der Waals surface area contributed by atoms with Gasteiger partial charge in [0.1, 0.15) is 0 Å². The maximum absolute atomic E-state index is 2.38. The molecule has 1 rings (SSSR count). The summed E-state index contributed by atoms with van der Waals surface area (Å²) in [5.74, 6) is 0. The van der Waals surface area contributed by atoms with Gasteiger partial charge < -0.3 is 0 Å². The second-order valence-electron chi connectivity index (χ2n) is 3.25. The molecule has 1 fully saturated rings. The monoisotopic (exact) mass is 154 g/mol. The Hall–Kier alpha value is -0.340. The number of likely N-dealkylation sites (N-methyl/N-ethyl adjacent to an activating group) is 2. The van der Waals surface area contributed by atoms with E-state index in [-0.39, 0.29) is 0 Å². The molecule has 0 aromatic heterocycles. The fourth-order valence-electron chi connectivity index (χ4n) is 1.64. The number of nitrogens with zero attached hydrogens (tertiary/aromatic N) is 2. The van der Waals surface area contributed by atoms with Crippen molar-refractivity contribution < 1.29 is 0 Å². The average Bonchev–Trinajstić information content (AvgIpc) is 1.97. The Kier molecular flexibility index (Phi) is 3.09. The van der Waals surface area contributed by atoms with E-state index in [0.717, 1.165) is 0 Å². The standard InChI is InChI=1S/C9H18N2/c1-4-6-9-10(2)7-5-8-11(9)3/h4,6,9H,5,7-8H2,1-3H3. The Labute approximate surface area is 69.5 Å². The molecule has 1 aliphatic rings. The van der Waals surface area contributed by atoms with Crippen molar-refractivity contribution in [3.05, 3.63) is 12.2 Å². The van der Waals surface area contributed by atoms with Crippen LogP contribution in [0, 0.1) is 0 Å². The van der Waals surface area contributed by atoms with E-state index >= 15 is 0 Å². The first-order valence-electron chi connectivity index (χ1n) is 4.29. The lowest BCUT2D eigenvalue weighted by molar-refractivity contribution is 0.0764. The average molecular weight is 154 g/mol. The van der Waals surface area contributed by atoms with E-state index in [1.807, 2.05) is 0 Å². The van der Waals surface area contributed by atoms with Gasteiger partial charge in [0, 0.05) is 13.1 Å². The van der Waals surface area contributed by atoms with Crippen LogP contribution >= 0.6 is 0 Å².